The summed E-state index contributed by atoms with van der Waals surface area (Å²) in [4.78, 5) is 28.6. The minimum atomic E-state index is -0.290. The molecule has 1 fully saturated rings. The number of hydrogen-bond donors (Lipinski definition) is 3. The summed E-state index contributed by atoms with van der Waals surface area (Å²) in [6.45, 7) is 2.30. The number of nitrogens with one attached hydrogen (secondary N) is 2. The fourth-order valence-corrected chi connectivity index (χ4v) is 5.38. The average molecular weight is 509 g/mol. The van der Waals surface area contributed by atoms with Crippen molar-refractivity contribution < 1.29 is 9.59 Å². The monoisotopic (exact) mass is 508 g/mol. The lowest BCUT2D eigenvalue weighted by Crippen LogP contribution is -2.48. The Balaban J connectivity index is 1.28. The van der Waals surface area contributed by atoms with Crippen LogP contribution in [0.15, 0.2) is 84.9 Å². The van der Waals surface area contributed by atoms with Crippen molar-refractivity contribution in [3.05, 3.63) is 96.1 Å². The standard InChI is InChI=1S/C32H36N4O2/c33-18-6-5-14-30-32(38)36(22-27-12-7-11-24-9-3-4-13-29(24)27)19-17-28(35-30)21-34-31(37)26-16-15-23-8-1-2-10-25(23)20-26/h1-4,7-13,15-16,20,28,30,35H,5-6,14,17-19,21-22,33H2,(H,34,37). The molecule has 5 rings (SSSR count). The number of fused-ring (bicyclic) bond motifs is 2. The van der Waals surface area contributed by atoms with E-state index in [9.17, 15) is 9.59 Å². The van der Waals surface area contributed by atoms with Crippen LogP contribution in [0, 0.1) is 0 Å². The number of unbranched alkanes of at least 4 members (excludes halogenated alkanes) is 1. The summed E-state index contributed by atoms with van der Waals surface area (Å²) in [5, 5.41) is 11.2. The van der Waals surface area contributed by atoms with E-state index in [1.807, 2.05) is 59.5 Å². The lowest BCUT2D eigenvalue weighted by Gasteiger charge is -2.25. The van der Waals surface area contributed by atoms with Crippen molar-refractivity contribution in [1.29, 1.82) is 0 Å². The van der Waals surface area contributed by atoms with Gasteiger partial charge in [0.2, 0.25) is 5.91 Å². The van der Waals surface area contributed by atoms with Crippen LogP contribution in [-0.4, -0.2) is 48.4 Å². The lowest BCUT2D eigenvalue weighted by atomic mass is 10.0. The van der Waals surface area contributed by atoms with E-state index in [2.05, 4.69) is 41.0 Å². The Morgan fingerprint density at radius 3 is 2.53 bits per heavy atom. The summed E-state index contributed by atoms with van der Waals surface area (Å²) >= 11 is 0. The molecule has 1 heterocycles. The van der Waals surface area contributed by atoms with Gasteiger partial charge in [-0.1, -0.05) is 79.2 Å². The number of carbonyl (C=O) groups is 2. The molecule has 196 valence electrons. The molecule has 4 N–H and O–H groups in total. The molecule has 4 aromatic carbocycles. The summed E-state index contributed by atoms with van der Waals surface area (Å²) in [5.41, 5.74) is 7.52. The maximum absolute atomic E-state index is 13.7. The van der Waals surface area contributed by atoms with Crippen LogP contribution in [-0.2, 0) is 11.3 Å². The Kier molecular flexibility index (Phi) is 8.31. The molecule has 38 heavy (non-hydrogen) atoms. The Morgan fingerprint density at radius 2 is 1.68 bits per heavy atom. The van der Waals surface area contributed by atoms with Gasteiger partial charge in [-0.2, -0.15) is 0 Å². The van der Waals surface area contributed by atoms with Gasteiger partial charge >= 0.3 is 0 Å². The van der Waals surface area contributed by atoms with E-state index < -0.39 is 0 Å². The van der Waals surface area contributed by atoms with Crippen molar-refractivity contribution >= 4 is 33.4 Å². The van der Waals surface area contributed by atoms with Crippen LogP contribution >= 0.6 is 0 Å². The van der Waals surface area contributed by atoms with Crippen molar-refractivity contribution in [2.75, 3.05) is 19.6 Å². The van der Waals surface area contributed by atoms with E-state index in [0.29, 0.717) is 31.7 Å². The van der Waals surface area contributed by atoms with Crippen molar-refractivity contribution in [3.8, 4) is 0 Å². The van der Waals surface area contributed by atoms with E-state index in [1.54, 1.807) is 0 Å². The predicted octanol–water partition coefficient (Wildman–Crippen LogP) is 4.61. The molecular formula is C32H36N4O2. The second-order valence-electron chi connectivity index (χ2n) is 10.2. The molecule has 2 unspecified atom stereocenters. The molecule has 6 heteroatoms. The van der Waals surface area contributed by atoms with Crippen LogP contribution in [0.3, 0.4) is 0 Å². The molecule has 0 radical (unpaired) electrons. The highest BCUT2D eigenvalue weighted by Crippen LogP contribution is 2.22. The molecule has 0 aromatic heterocycles. The Hall–Kier alpha value is -3.74. The van der Waals surface area contributed by atoms with Crippen molar-refractivity contribution in [2.24, 2.45) is 5.73 Å². The quantitative estimate of drug-likeness (QED) is 0.288. The van der Waals surface area contributed by atoms with Gasteiger partial charge in [-0.05, 0) is 65.0 Å². The fourth-order valence-electron chi connectivity index (χ4n) is 5.38. The first-order valence-electron chi connectivity index (χ1n) is 13.6. The largest absolute Gasteiger partial charge is 0.350 e. The predicted molar refractivity (Wildman–Crippen MR) is 154 cm³/mol. The molecule has 6 nitrogen and oxygen atoms in total. The summed E-state index contributed by atoms with van der Waals surface area (Å²) in [6, 6.07) is 28.1. The van der Waals surface area contributed by atoms with Gasteiger partial charge in [0.25, 0.3) is 5.91 Å². The highest BCUT2D eigenvalue weighted by molar-refractivity contribution is 5.98. The minimum absolute atomic E-state index is 0.00347. The molecule has 4 aromatic rings. The van der Waals surface area contributed by atoms with E-state index >= 15 is 0 Å². The van der Waals surface area contributed by atoms with E-state index in [-0.39, 0.29) is 23.9 Å². The molecular weight excluding hydrogens is 472 g/mol. The van der Waals surface area contributed by atoms with Crippen LogP contribution in [0.5, 0.6) is 0 Å². The third-order valence-electron chi connectivity index (χ3n) is 7.50. The highest BCUT2D eigenvalue weighted by Gasteiger charge is 2.31. The number of carbonyl (C=O) groups excluding carboxylic acids is 2. The van der Waals surface area contributed by atoms with E-state index in [1.165, 1.54) is 10.8 Å². The maximum Gasteiger partial charge on any atom is 0.251 e. The second kappa shape index (κ2) is 12.2. The molecule has 1 aliphatic heterocycles. The first-order valence-corrected chi connectivity index (χ1v) is 13.6. The van der Waals surface area contributed by atoms with Gasteiger partial charge in [-0.25, -0.2) is 0 Å². The Bertz CT molecular complexity index is 1410. The van der Waals surface area contributed by atoms with Crippen molar-refractivity contribution in [2.45, 2.75) is 44.3 Å². The zero-order valence-electron chi connectivity index (χ0n) is 21.7. The van der Waals surface area contributed by atoms with Gasteiger partial charge in [0.05, 0.1) is 6.04 Å². The minimum Gasteiger partial charge on any atom is -0.350 e. The van der Waals surface area contributed by atoms with E-state index in [0.717, 1.165) is 42.0 Å². The summed E-state index contributed by atoms with van der Waals surface area (Å²) in [7, 11) is 0. The van der Waals surface area contributed by atoms with Crippen molar-refractivity contribution in [1.82, 2.24) is 15.5 Å². The Labute approximate surface area is 224 Å². The van der Waals surface area contributed by atoms with Crippen LogP contribution < -0.4 is 16.4 Å². The second-order valence-corrected chi connectivity index (χ2v) is 10.2. The summed E-state index contributed by atoms with van der Waals surface area (Å²) < 4.78 is 0. The number of benzene rings is 4. The van der Waals surface area contributed by atoms with Gasteiger partial charge in [-0.15, -0.1) is 0 Å². The molecule has 0 bridgehead atoms. The molecule has 2 atom stereocenters. The molecule has 2 amide bonds. The third-order valence-corrected chi connectivity index (χ3v) is 7.50. The molecule has 1 aliphatic rings. The first kappa shape index (κ1) is 25.9. The number of hydrogen-bond acceptors (Lipinski definition) is 4. The van der Waals surface area contributed by atoms with Crippen LogP contribution in [0.1, 0.15) is 41.6 Å². The highest BCUT2D eigenvalue weighted by atomic mass is 16.2. The zero-order valence-corrected chi connectivity index (χ0v) is 21.7. The summed E-state index contributed by atoms with van der Waals surface area (Å²) in [5.74, 6) is 0.0266. The normalized spacial score (nSPS) is 18.0. The average Bonchev–Trinajstić information content (AvgIpc) is 3.10. The van der Waals surface area contributed by atoms with Gasteiger partial charge in [0, 0.05) is 31.2 Å². The van der Waals surface area contributed by atoms with Gasteiger partial charge < -0.3 is 21.3 Å². The first-order chi connectivity index (χ1) is 18.6. The fraction of sp³-hybridized carbons (Fsp3) is 0.312. The van der Waals surface area contributed by atoms with Crippen molar-refractivity contribution in [3.63, 3.8) is 0 Å². The van der Waals surface area contributed by atoms with Crippen LogP contribution in [0.4, 0.5) is 0 Å². The molecule has 0 aliphatic carbocycles. The molecule has 0 spiro atoms. The smallest absolute Gasteiger partial charge is 0.251 e. The molecule has 0 saturated carbocycles. The number of nitrogens with zero attached hydrogens (tertiary/aromatic N) is 1. The number of rotatable bonds is 9. The topological polar surface area (TPSA) is 87.5 Å². The van der Waals surface area contributed by atoms with Gasteiger partial charge in [-0.3, -0.25) is 9.59 Å². The van der Waals surface area contributed by atoms with Crippen LogP contribution in [0.25, 0.3) is 21.5 Å². The maximum atomic E-state index is 13.7. The number of nitrogens with two attached hydrogens (primary N) is 1. The SMILES string of the molecule is NCCCCC1NC(CNC(=O)c2ccc3ccccc3c2)CCN(Cc2cccc3ccccc23)C1=O. The lowest BCUT2D eigenvalue weighted by molar-refractivity contribution is -0.133. The summed E-state index contributed by atoms with van der Waals surface area (Å²) in [6.07, 6.45) is 3.27. The van der Waals surface area contributed by atoms with E-state index in [4.69, 9.17) is 5.73 Å². The van der Waals surface area contributed by atoms with Gasteiger partial charge in [0.1, 0.15) is 0 Å². The van der Waals surface area contributed by atoms with Crippen LogP contribution in [0.2, 0.25) is 0 Å². The Morgan fingerprint density at radius 1 is 0.921 bits per heavy atom. The third kappa shape index (κ3) is 6.04. The number of amides is 2. The molecule has 1 saturated heterocycles. The zero-order chi connectivity index (χ0) is 26.3. The van der Waals surface area contributed by atoms with Gasteiger partial charge in [0.15, 0.2) is 0 Å².